The highest BCUT2D eigenvalue weighted by Gasteiger charge is 2.44. The maximum atomic E-state index is 10.5. The number of phenolic OH excluding ortho intramolecular Hbond substituents is 1. The number of ether oxygens (including phenoxy) is 1. The standard InChI is InChI=1S/C21H22ClNO6/c22-12-3-6-16-14(7-12)15(9-23(16)8-11-1-4-13(25)5-2-11)21-20(28)19(27)18(26)17(10-24)29-21/h1-7,9,17-21,24-28H,8,10H2/t17-,18-,19+,20-,21+/m1/s1. The summed E-state index contributed by atoms with van der Waals surface area (Å²) in [6.45, 7) is 0.00415. The van der Waals surface area contributed by atoms with E-state index < -0.39 is 37.1 Å². The molecule has 0 radical (unpaired) electrons. The van der Waals surface area contributed by atoms with E-state index in [1.165, 1.54) is 0 Å². The Morgan fingerprint density at radius 3 is 2.38 bits per heavy atom. The average Bonchev–Trinajstić information content (AvgIpc) is 3.05. The Bertz CT molecular complexity index is 1000. The van der Waals surface area contributed by atoms with Gasteiger partial charge in [0.15, 0.2) is 0 Å². The van der Waals surface area contributed by atoms with E-state index in [4.69, 9.17) is 16.3 Å². The molecular formula is C21H22ClNO6. The van der Waals surface area contributed by atoms with E-state index in [0.717, 1.165) is 16.5 Å². The molecule has 154 valence electrons. The summed E-state index contributed by atoms with van der Waals surface area (Å²) in [6, 6.07) is 12.2. The molecule has 1 fully saturated rings. The van der Waals surface area contributed by atoms with Crippen LogP contribution in [-0.4, -0.2) is 61.1 Å². The molecule has 5 atom stereocenters. The lowest BCUT2D eigenvalue weighted by atomic mass is 9.91. The molecule has 0 bridgehead atoms. The zero-order valence-corrected chi connectivity index (χ0v) is 16.1. The number of aromatic hydroxyl groups is 1. The van der Waals surface area contributed by atoms with Crippen molar-refractivity contribution in [3.05, 3.63) is 64.8 Å². The first-order chi connectivity index (χ1) is 13.9. The van der Waals surface area contributed by atoms with Crippen molar-refractivity contribution in [2.45, 2.75) is 37.1 Å². The van der Waals surface area contributed by atoms with E-state index in [0.29, 0.717) is 17.1 Å². The van der Waals surface area contributed by atoms with Gasteiger partial charge in [-0.1, -0.05) is 23.7 Å². The number of hydrogen-bond acceptors (Lipinski definition) is 6. The number of nitrogens with zero attached hydrogens (tertiary/aromatic N) is 1. The molecule has 0 amide bonds. The fraction of sp³-hybridized carbons (Fsp3) is 0.333. The van der Waals surface area contributed by atoms with Gasteiger partial charge in [0.2, 0.25) is 0 Å². The number of phenols is 1. The van der Waals surface area contributed by atoms with Crippen LogP contribution in [0, 0.1) is 0 Å². The van der Waals surface area contributed by atoms with Crippen molar-refractivity contribution in [1.29, 1.82) is 0 Å². The normalized spacial score (nSPS) is 27.4. The fourth-order valence-electron chi connectivity index (χ4n) is 3.81. The molecule has 2 heterocycles. The Balaban J connectivity index is 1.78. The molecule has 1 aliphatic rings. The molecule has 4 rings (SSSR count). The number of halogens is 1. The number of rotatable bonds is 4. The molecular weight excluding hydrogens is 398 g/mol. The minimum absolute atomic E-state index is 0.180. The predicted molar refractivity (Wildman–Crippen MR) is 107 cm³/mol. The van der Waals surface area contributed by atoms with Crippen LogP contribution >= 0.6 is 11.6 Å². The van der Waals surface area contributed by atoms with E-state index in [1.807, 2.05) is 22.8 Å². The highest BCUT2D eigenvalue weighted by atomic mass is 35.5. The molecule has 0 spiro atoms. The van der Waals surface area contributed by atoms with Gasteiger partial charge in [-0.2, -0.15) is 0 Å². The molecule has 2 aromatic carbocycles. The Labute approximate surface area is 172 Å². The van der Waals surface area contributed by atoms with Crippen LogP contribution in [0.15, 0.2) is 48.7 Å². The molecule has 1 aromatic heterocycles. The summed E-state index contributed by atoms with van der Waals surface area (Å²) in [4.78, 5) is 0. The highest BCUT2D eigenvalue weighted by Crippen LogP contribution is 2.38. The van der Waals surface area contributed by atoms with Crippen molar-refractivity contribution in [1.82, 2.24) is 4.57 Å². The molecule has 1 aliphatic heterocycles. The third kappa shape index (κ3) is 3.73. The largest absolute Gasteiger partial charge is 0.508 e. The summed E-state index contributed by atoms with van der Waals surface area (Å²) in [5.74, 6) is 0.180. The number of aliphatic hydroxyl groups is 4. The van der Waals surface area contributed by atoms with Crippen LogP contribution in [0.4, 0.5) is 0 Å². The van der Waals surface area contributed by atoms with Crippen molar-refractivity contribution in [3.63, 3.8) is 0 Å². The molecule has 8 heteroatoms. The van der Waals surface area contributed by atoms with E-state index >= 15 is 0 Å². The molecule has 5 N–H and O–H groups in total. The first-order valence-electron chi connectivity index (χ1n) is 9.25. The lowest BCUT2D eigenvalue weighted by Crippen LogP contribution is -2.55. The van der Waals surface area contributed by atoms with E-state index in [-0.39, 0.29) is 5.75 Å². The summed E-state index contributed by atoms with van der Waals surface area (Å²) in [5, 5.41) is 51.0. The third-order valence-corrected chi connectivity index (χ3v) is 5.60. The smallest absolute Gasteiger partial charge is 0.115 e. The number of fused-ring (bicyclic) bond motifs is 1. The zero-order valence-electron chi connectivity index (χ0n) is 15.4. The van der Waals surface area contributed by atoms with Gasteiger partial charge in [0, 0.05) is 34.2 Å². The number of aliphatic hydroxyl groups excluding tert-OH is 4. The first-order valence-corrected chi connectivity index (χ1v) is 9.63. The number of hydrogen-bond donors (Lipinski definition) is 5. The van der Waals surface area contributed by atoms with Crippen LogP contribution in [-0.2, 0) is 11.3 Å². The topological polar surface area (TPSA) is 115 Å². The van der Waals surface area contributed by atoms with Crippen molar-refractivity contribution in [2.75, 3.05) is 6.61 Å². The van der Waals surface area contributed by atoms with Crippen LogP contribution in [0.2, 0.25) is 5.02 Å². The quantitative estimate of drug-likeness (QED) is 0.438. The Hall–Kier alpha value is -2.13. The van der Waals surface area contributed by atoms with Crippen LogP contribution in [0.1, 0.15) is 17.2 Å². The molecule has 29 heavy (non-hydrogen) atoms. The fourth-order valence-corrected chi connectivity index (χ4v) is 3.98. The Morgan fingerprint density at radius 2 is 1.69 bits per heavy atom. The van der Waals surface area contributed by atoms with Gasteiger partial charge >= 0.3 is 0 Å². The molecule has 0 saturated carbocycles. The van der Waals surface area contributed by atoms with Gasteiger partial charge in [0.1, 0.15) is 36.3 Å². The summed E-state index contributed by atoms with van der Waals surface area (Å²) in [6.07, 6.45) is -4.39. The van der Waals surface area contributed by atoms with Gasteiger partial charge in [0.25, 0.3) is 0 Å². The zero-order chi connectivity index (χ0) is 20.7. The third-order valence-electron chi connectivity index (χ3n) is 5.36. The van der Waals surface area contributed by atoms with Gasteiger partial charge in [0.05, 0.1) is 6.61 Å². The second-order valence-electron chi connectivity index (χ2n) is 7.29. The second-order valence-corrected chi connectivity index (χ2v) is 7.73. The lowest BCUT2D eigenvalue weighted by Gasteiger charge is -2.40. The van der Waals surface area contributed by atoms with Gasteiger partial charge in [-0.15, -0.1) is 0 Å². The van der Waals surface area contributed by atoms with Crippen LogP contribution in [0.25, 0.3) is 10.9 Å². The van der Waals surface area contributed by atoms with Gasteiger partial charge in [-0.05, 0) is 35.9 Å². The summed E-state index contributed by atoms with van der Waals surface area (Å²) >= 11 is 6.19. The lowest BCUT2D eigenvalue weighted by molar-refractivity contribution is -0.231. The van der Waals surface area contributed by atoms with Gasteiger partial charge < -0.3 is 34.8 Å². The minimum Gasteiger partial charge on any atom is -0.508 e. The maximum absolute atomic E-state index is 10.5. The first kappa shape index (κ1) is 20.2. The molecule has 1 saturated heterocycles. The van der Waals surface area contributed by atoms with Crippen molar-refractivity contribution < 1.29 is 30.3 Å². The Morgan fingerprint density at radius 1 is 0.966 bits per heavy atom. The van der Waals surface area contributed by atoms with Crippen molar-refractivity contribution >= 4 is 22.5 Å². The van der Waals surface area contributed by atoms with E-state index in [2.05, 4.69) is 0 Å². The molecule has 0 unspecified atom stereocenters. The average molecular weight is 420 g/mol. The van der Waals surface area contributed by atoms with Crippen LogP contribution in [0.3, 0.4) is 0 Å². The second kappa shape index (κ2) is 7.95. The molecule has 0 aliphatic carbocycles. The SMILES string of the molecule is OC[C@H]1O[C@@H](c2cn(Cc3ccc(O)cc3)c3ccc(Cl)cc23)[C@H](O)[C@@H](O)[C@@H]1O. The van der Waals surface area contributed by atoms with E-state index in [9.17, 15) is 25.5 Å². The predicted octanol–water partition coefficient (Wildman–Crippen LogP) is 1.56. The summed E-state index contributed by atoms with van der Waals surface area (Å²) < 4.78 is 7.70. The highest BCUT2D eigenvalue weighted by molar-refractivity contribution is 6.31. The maximum Gasteiger partial charge on any atom is 0.115 e. The monoisotopic (exact) mass is 419 g/mol. The van der Waals surface area contributed by atoms with Gasteiger partial charge in [-0.3, -0.25) is 0 Å². The molecule has 7 nitrogen and oxygen atoms in total. The summed E-state index contributed by atoms with van der Waals surface area (Å²) in [7, 11) is 0. The van der Waals surface area contributed by atoms with Crippen molar-refractivity contribution in [3.8, 4) is 5.75 Å². The molecule has 3 aromatic rings. The number of aromatic nitrogens is 1. The van der Waals surface area contributed by atoms with Crippen LogP contribution in [0.5, 0.6) is 5.75 Å². The summed E-state index contributed by atoms with van der Waals surface area (Å²) in [5.41, 5.74) is 2.39. The number of benzene rings is 2. The Kier molecular flexibility index (Phi) is 5.52. The van der Waals surface area contributed by atoms with Crippen LogP contribution < -0.4 is 0 Å². The van der Waals surface area contributed by atoms with Crippen molar-refractivity contribution in [2.24, 2.45) is 0 Å². The van der Waals surface area contributed by atoms with Gasteiger partial charge in [-0.25, -0.2) is 0 Å². The minimum atomic E-state index is -1.46. The van der Waals surface area contributed by atoms with E-state index in [1.54, 1.807) is 30.5 Å².